The van der Waals surface area contributed by atoms with Crippen molar-refractivity contribution in [3.8, 4) is 22.6 Å². The first-order valence-corrected chi connectivity index (χ1v) is 15.7. The van der Waals surface area contributed by atoms with Gasteiger partial charge in [-0.3, -0.25) is 4.79 Å². The van der Waals surface area contributed by atoms with E-state index >= 15 is 0 Å². The Hall–Kier alpha value is -4.88. The molecule has 6 aromatic rings. The molecule has 7 rings (SSSR count). The van der Waals surface area contributed by atoms with Crippen LogP contribution >= 0.6 is 0 Å². The molecule has 0 aliphatic carbocycles. The van der Waals surface area contributed by atoms with Crippen LogP contribution in [0.3, 0.4) is 0 Å². The Bertz CT molecular complexity index is 2270. The van der Waals surface area contributed by atoms with Crippen LogP contribution in [0.15, 0.2) is 82.7 Å². The SMILES string of the molecule is Cc1ccc(S(=O)(=O)n2ccc3c(-c4cc5c(cc4Oc4ccc(F)cc4F)nnn5C4CCCCO4)cn(C)c(=O)c32)cc1. The van der Waals surface area contributed by atoms with Crippen LogP contribution in [0, 0.1) is 18.6 Å². The van der Waals surface area contributed by atoms with Gasteiger partial charge >= 0.3 is 0 Å². The van der Waals surface area contributed by atoms with Gasteiger partial charge in [-0.05, 0) is 62.6 Å². The molecule has 0 bridgehead atoms. The molecule has 45 heavy (non-hydrogen) atoms. The van der Waals surface area contributed by atoms with Gasteiger partial charge in [0.25, 0.3) is 15.6 Å². The third-order valence-electron chi connectivity index (χ3n) is 7.97. The number of halogens is 2. The van der Waals surface area contributed by atoms with Gasteiger partial charge in [0, 0.05) is 54.7 Å². The number of aromatic nitrogens is 5. The van der Waals surface area contributed by atoms with E-state index in [0.29, 0.717) is 40.2 Å². The average Bonchev–Trinajstić information content (AvgIpc) is 3.66. The van der Waals surface area contributed by atoms with Crippen LogP contribution in [0.1, 0.15) is 31.1 Å². The molecule has 230 valence electrons. The highest BCUT2D eigenvalue weighted by Crippen LogP contribution is 2.41. The van der Waals surface area contributed by atoms with E-state index in [4.69, 9.17) is 9.47 Å². The molecular weight excluding hydrogens is 604 g/mol. The highest BCUT2D eigenvalue weighted by Gasteiger charge is 2.26. The van der Waals surface area contributed by atoms with Crippen LogP contribution in [0.4, 0.5) is 8.78 Å². The molecule has 0 spiro atoms. The maximum absolute atomic E-state index is 14.8. The lowest BCUT2D eigenvalue weighted by atomic mass is 10.0. The lowest BCUT2D eigenvalue weighted by molar-refractivity contribution is -0.0377. The molecule has 1 atom stereocenters. The molecule has 1 fully saturated rings. The molecule has 10 nitrogen and oxygen atoms in total. The van der Waals surface area contributed by atoms with Crippen LogP contribution in [0.5, 0.6) is 11.5 Å². The number of benzene rings is 3. The number of aryl methyl sites for hydroxylation is 2. The second-order valence-electron chi connectivity index (χ2n) is 11.0. The number of fused-ring (bicyclic) bond motifs is 2. The van der Waals surface area contributed by atoms with Crippen LogP contribution in [-0.4, -0.2) is 38.6 Å². The molecule has 1 unspecified atom stereocenters. The molecule has 13 heteroatoms. The Balaban J connectivity index is 1.47. The first-order chi connectivity index (χ1) is 21.6. The normalized spacial score (nSPS) is 15.6. The number of hydrogen-bond donors (Lipinski definition) is 0. The average molecular weight is 632 g/mol. The van der Waals surface area contributed by atoms with Gasteiger partial charge in [0.05, 0.1) is 10.4 Å². The topological polar surface area (TPSA) is 110 Å². The third-order valence-corrected chi connectivity index (χ3v) is 9.66. The molecule has 3 aromatic heterocycles. The minimum atomic E-state index is -4.15. The van der Waals surface area contributed by atoms with Gasteiger partial charge in [0.1, 0.15) is 22.6 Å². The molecule has 0 radical (unpaired) electrons. The second kappa shape index (κ2) is 10.9. The van der Waals surface area contributed by atoms with Gasteiger partial charge in [-0.2, -0.15) is 0 Å². The van der Waals surface area contributed by atoms with Crippen molar-refractivity contribution in [2.75, 3.05) is 6.61 Å². The van der Waals surface area contributed by atoms with E-state index in [1.54, 1.807) is 41.2 Å². The maximum atomic E-state index is 14.8. The summed E-state index contributed by atoms with van der Waals surface area (Å²) >= 11 is 0. The fourth-order valence-corrected chi connectivity index (χ4v) is 6.98. The Morgan fingerprint density at radius 2 is 1.78 bits per heavy atom. The highest BCUT2D eigenvalue weighted by atomic mass is 32.2. The Labute approximate surface area is 256 Å². The van der Waals surface area contributed by atoms with Gasteiger partial charge < -0.3 is 14.0 Å². The summed E-state index contributed by atoms with van der Waals surface area (Å²) in [6.07, 6.45) is 5.18. The van der Waals surface area contributed by atoms with Crippen molar-refractivity contribution in [3.63, 3.8) is 0 Å². The maximum Gasteiger partial charge on any atom is 0.275 e. The Kier molecular flexibility index (Phi) is 7.01. The molecule has 0 amide bonds. The summed E-state index contributed by atoms with van der Waals surface area (Å²) in [6.45, 7) is 2.42. The van der Waals surface area contributed by atoms with Gasteiger partial charge in [0.15, 0.2) is 17.8 Å². The minimum Gasteiger partial charge on any atom is -0.454 e. The van der Waals surface area contributed by atoms with E-state index in [1.165, 1.54) is 36.0 Å². The third kappa shape index (κ3) is 4.97. The summed E-state index contributed by atoms with van der Waals surface area (Å²) in [7, 11) is -2.63. The van der Waals surface area contributed by atoms with Crippen LogP contribution < -0.4 is 10.3 Å². The summed E-state index contributed by atoms with van der Waals surface area (Å²) in [6, 6.07) is 14.2. The number of rotatable bonds is 6. The van der Waals surface area contributed by atoms with E-state index in [0.717, 1.165) is 34.9 Å². The van der Waals surface area contributed by atoms with Crippen LogP contribution in [0.2, 0.25) is 0 Å². The first-order valence-electron chi connectivity index (χ1n) is 14.3. The smallest absolute Gasteiger partial charge is 0.275 e. The summed E-state index contributed by atoms with van der Waals surface area (Å²) in [5.41, 5.74) is 2.14. The van der Waals surface area contributed by atoms with Gasteiger partial charge in [-0.25, -0.2) is 25.9 Å². The van der Waals surface area contributed by atoms with E-state index in [9.17, 15) is 22.0 Å². The Morgan fingerprint density at radius 3 is 2.51 bits per heavy atom. The van der Waals surface area contributed by atoms with Crippen molar-refractivity contribution in [2.24, 2.45) is 7.05 Å². The molecular formula is C32H27F2N5O5S. The lowest BCUT2D eigenvalue weighted by Crippen LogP contribution is -2.22. The standard InChI is InChI=1S/C32H27F2N5O5S/c1-19-6-9-21(10-7-19)45(41,42)38-13-12-22-24(18-37(2)32(40)31(22)38)23-16-27-26(35-36-39(27)30-5-3-4-14-43-30)17-29(23)44-28-11-8-20(33)15-25(28)34/h6-13,15-18,30H,3-5,14H2,1-2H3. The van der Waals surface area contributed by atoms with Crippen LogP contribution in [-0.2, 0) is 21.8 Å². The molecule has 1 saturated heterocycles. The second-order valence-corrected chi connectivity index (χ2v) is 12.8. The molecule has 4 heterocycles. The first kappa shape index (κ1) is 28.9. The summed E-state index contributed by atoms with van der Waals surface area (Å²) in [4.78, 5) is 13.6. The molecule has 1 aliphatic rings. The van der Waals surface area contributed by atoms with Gasteiger partial charge in [-0.1, -0.05) is 22.9 Å². The zero-order valence-corrected chi connectivity index (χ0v) is 25.1. The minimum absolute atomic E-state index is 0.0257. The van der Waals surface area contributed by atoms with Crippen molar-refractivity contribution in [1.82, 2.24) is 23.5 Å². The summed E-state index contributed by atoms with van der Waals surface area (Å²) < 4.78 is 71.9. The van der Waals surface area contributed by atoms with E-state index < -0.39 is 27.2 Å². The highest BCUT2D eigenvalue weighted by molar-refractivity contribution is 7.90. The number of hydrogen-bond acceptors (Lipinski definition) is 7. The zero-order chi connectivity index (χ0) is 31.5. The van der Waals surface area contributed by atoms with Crippen molar-refractivity contribution in [1.29, 1.82) is 0 Å². The summed E-state index contributed by atoms with van der Waals surface area (Å²) in [5, 5.41) is 8.95. The van der Waals surface area contributed by atoms with Crippen LogP contribution in [0.25, 0.3) is 33.1 Å². The van der Waals surface area contributed by atoms with Gasteiger partial charge in [0.2, 0.25) is 0 Å². The number of nitrogens with zero attached hydrogens (tertiary/aromatic N) is 5. The fraction of sp³-hybridized carbons (Fsp3) is 0.219. The molecule has 0 saturated carbocycles. The summed E-state index contributed by atoms with van der Waals surface area (Å²) in [5.74, 6) is -1.78. The van der Waals surface area contributed by atoms with Gasteiger partial charge in [-0.15, -0.1) is 5.10 Å². The van der Waals surface area contributed by atoms with Crippen molar-refractivity contribution in [3.05, 3.63) is 101 Å². The fourth-order valence-electron chi connectivity index (χ4n) is 5.64. The predicted molar refractivity (Wildman–Crippen MR) is 163 cm³/mol. The molecule has 0 N–H and O–H groups in total. The Morgan fingerprint density at radius 1 is 0.978 bits per heavy atom. The van der Waals surface area contributed by atoms with E-state index in [2.05, 4.69) is 10.3 Å². The quantitative estimate of drug-likeness (QED) is 0.220. The van der Waals surface area contributed by atoms with E-state index in [-0.39, 0.29) is 28.1 Å². The van der Waals surface area contributed by atoms with E-state index in [1.807, 2.05) is 6.92 Å². The van der Waals surface area contributed by atoms with Crippen molar-refractivity contribution in [2.45, 2.75) is 37.3 Å². The molecule has 3 aromatic carbocycles. The van der Waals surface area contributed by atoms with Crippen molar-refractivity contribution >= 4 is 32.0 Å². The number of ether oxygens (including phenoxy) is 2. The number of pyridine rings is 1. The molecule has 1 aliphatic heterocycles. The van der Waals surface area contributed by atoms with Crippen molar-refractivity contribution < 1.29 is 26.7 Å². The predicted octanol–water partition coefficient (Wildman–Crippen LogP) is 6.07. The zero-order valence-electron chi connectivity index (χ0n) is 24.3. The largest absolute Gasteiger partial charge is 0.454 e. The monoisotopic (exact) mass is 631 g/mol. The lowest BCUT2D eigenvalue weighted by Gasteiger charge is -2.23.